The third kappa shape index (κ3) is 6.27. The summed E-state index contributed by atoms with van der Waals surface area (Å²) < 4.78 is 37.9. The summed E-state index contributed by atoms with van der Waals surface area (Å²) in [6.07, 6.45) is 0.524. The van der Waals surface area contributed by atoms with E-state index in [-0.39, 0.29) is 23.1 Å². The third-order valence-electron chi connectivity index (χ3n) is 4.71. The summed E-state index contributed by atoms with van der Waals surface area (Å²) in [7, 11) is -3.72. The van der Waals surface area contributed by atoms with E-state index in [1.165, 1.54) is 31.2 Å². The number of para-hydroxylation sites is 1. The van der Waals surface area contributed by atoms with E-state index in [1.807, 2.05) is 0 Å². The number of hydrogen-bond acceptors (Lipinski definition) is 6. The summed E-state index contributed by atoms with van der Waals surface area (Å²) in [6.45, 7) is 2.26. The maximum Gasteiger partial charge on any atom is 0.338 e. The van der Waals surface area contributed by atoms with E-state index < -0.39 is 28.0 Å². The van der Waals surface area contributed by atoms with Crippen LogP contribution in [-0.4, -0.2) is 45.7 Å². The number of nitrogens with one attached hydrogen (secondary N) is 2. The largest absolute Gasteiger partial charge is 0.449 e. The molecule has 1 heterocycles. The van der Waals surface area contributed by atoms with E-state index in [4.69, 9.17) is 21.1 Å². The lowest BCUT2D eigenvalue weighted by atomic mass is 10.2. The van der Waals surface area contributed by atoms with Gasteiger partial charge in [0.1, 0.15) is 0 Å². The predicted molar refractivity (Wildman–Crippen MR) is 116 cm³/mol. The molecule has 2 atom stereocenters. The van der Waals surface area contributed by atoms with Crippen LogP contribution in [0.5, 0.6) is 0 Å². The van der Waals surface area contributed by atoms with Gasteiger partial charge in [-0.05, 0) is 56.2 Å². The van der Waals surface area contributed by atoms with Gasteiger partial charge in [0.05, 0.1) is 27.3 Å². The van der Waals surface area contributed by atoms with Crippen LogP contribution in [0.3, 0.4) is 0 Å². The monoisotopic (exact) mass is 466 g/mol. The van der Waals surface area contributed by atoms with E-state index in [9.17, 15) is 18.0 Å². The van der Waals surface area contributed by atoms with Gasteiger partial charge in [-0.25, -0.2) is 17.9 Å². The lowest BCUT2D eigenvalue weighted by molar-refractivity contribution is -0.123. The van der Waals surface area contributed by atoms with Gasteiger partial charge in [-0.2, -0.15) is 0 Å². The molecule has 2 aromatic carbocycles. The first-order chi connectivity index (χ1) is 14.8. The highest BCUT2D eigenvalue weighted by molar-refractivity contribution is 7.89. The maximum atomic E-state index is 12.4. The molecule has 0 saturated carbocycles. The summed E-state index contributed by atoms with van der Waals surface area (Å²) in [5.41, 5.74) is 0.526. The lowest BCUT2D eigenvalue weighted by Gasteiger charge is -2.14. The van der Waals surface area contributed by atoms with Gasteiger partial charge >= 0.3 is 5.97 Å². The van der Waals surface area contributed by atoms with Crippen molar-refractivity contribution in [1.29, 1.82) is 0 Å². The Balaban J connectivity index is 1.56. The number of hydrogen-bond donors (Lipinski definition) is 2. The molecule has 0 unspecified atom stereocenters. The zero-order valence-corrected chi connectivity index (χ0v) is 18.4. The normalized spacial score (nSPS) is 17.2. The van der Waals surface area contributed by atoms with Crippen molar-refractivity contribution >= 4 is 39.2 Å². The molecular weight excluding hydrogens is 444 g/mol. The number of halogens is 1. The van der Waals surface area contributed by atoms with Crippen LogP contribution in [0.15, 0.2) is 53.4 Å². The van der Waals surface area contributed by atoms with Crippen LogP contribution in [0.2, 0.25) is 5.02 Å². The second kappa shape index (κ2) is 10.2. The number of ether oxygens (including phenoxy) is 2. The van der Waals surface area contributed by atoms with Crippen LogP contribution >= 0.6 is 11.6 Å². The van der Waals surface area contributed by atoms with E-state index in [1.54, 1.807) is 24.3 Å². The van der Waals surface area contributed by atoms with E-state index in [2.05, 4.69) is 10.0 Å². The molecule has 3 rings (SSSR count). The highest BCUT2D eigenvalue weighted by Crippen LogP contribution is 2.21. The average Bonchev–Trinajstić information content (AvgIpc) is 3.28. The van der Waals surface area contributed by atoms with Crippen molar-refractivity contribution < 1.29 is 27.5 Å². The number of anilines is 1. The smallest absolute Gasteiger partial charge is 0.338 e. The van der Waals surface area contributed by atoms with Crippen molar-refractivity contribution in [2.45, 2.75) is 36.9 Å². The summed E-state index contributed by atoms with van der Waals surface area (Å²) in [5, 5.41) is 2.95. The van der Waals surface area contributed by atoms with Crippen LogP contribution in [-0.2, 0) is 24.3 Å². The van der Waals surface area contributed by atoms with Crippen LogP contribution in [0.4, 0.5) is 5.69 Å². The van der Waals surface area contributed by atoms with Gasteiger partial charge in [-0.3, -0.25) is 4.79 Å². The van der Waals surface area contributed by atoms with Crippen molar-refractivity contribution in [2.24, 2.45) is 0 Å². The molecule has 1 fully saturated rings. The van der Waals surface area contributed by atoms with Gasteiger partial charge in [0, 0.05) is 13.2 Å². The first-order valence-electron chi connectivity index (χ1n) is 9.74. The predicted octanol–water partition coefficient (Wildman–Crippen LogP) is 2.98. The Kier molecular flexibility index (Phi) is 7.66. The van der Waals surface area contributed by atoms with Crippen molar-refractivity contribution in [3.63, 3.8) is 0 Å². The molecule has 1 aliphatic rings. The zero-order chi connectivity index (χ0) is 22.4. The van der Waals surface area contributed by atoms with E-state index in [0.29, 0.717) is 17.3 Å². The summed E-state index contributed by atoms with van der Waals surface area (Å²) in [4.78, 5) is 24.6. The maximum absolute atomic E-state index is 12.4. The van der Waals surface area contributed by atoms with Gasteiger partial charge in [-0.15, -0.1) is 0 Å². The first kappa shape index (κ1) is 23.2. The molecule has 2 aromatic rings. The third-order valence-corrected chi connectivity index (χ3v) is 6.48. The quantitative estimate of drug-likeness (QED) is 0.578. The van der Waals surface area contributed by atoms with E-state index >= 15 is 0 Å². The Morgan fingerprint density at radius 2 is 1.90 bits per heavy atom. The highest BCUT2D eigenvalue weighted by atomic mass is 35.5. The van der Waals surface area contributed by atoms with Crippen molar-refractivity contribution in [3.8, 4) is 0 Å². The van der Waals surface area contributed by atoms with Gasteiger partial charge in [0.2, 0.25) is 10.0 Å². The Bertz CT molecular complexity index is 1040. The number of rotatable bonds is 8. The summed E-state index contributed by atoms with van der Waals surface area (Å²) in [5.74, 6) is -1.29. The fourth-order valence-electron chi connectivity index (χ4n) is 2.94. The molecule has 0 bridgehead atoms. The van der Waals surface area contributed by atoms with E-state index in [0.717, 1.165) is 12.8 Å². The minimum Gasteiger partial charge on any atom is -0.449 e. The molecule has 0 spiro atoms. The Labute approximate surface area is 185 Å². The molecule has 1 aliphatic heterocycles. The number of amides is 1. The summed E-state index contributed by atoms with van der Waals surface area (Å²) in [6, 6.07) is 12.0. The second-order valence-corrected chi connectivity index (χ2v) is 9.20. The Hall–Kier alpha value is -2.46. The van der Waals surface area contributed by atoms with Crippen LogP contribution in [0.1, 0.15) is 30.1 Å². The number of esters is 1. The SMILES string of the molecule is C[C@@H](OC(=O)c1ccc(S(=O)(=O)NC[C@H]2CCCO2)cc1)C(=O)Nc1ccccc1Cl. The topological polar surface area (TPSA) is 111 Å². The van der Waals surface area contributed by atoms with Gasteiger partial charge in [0.25, 0.3) is 5.91 Å². The van der Waals surface area contributed by atoms with Gasteiger partial charge in [0.15, 0.2) is 6.10 Å². The molecule has 1 amide bonds. The Morgan fingerprint density at radius 1 is 1.19 bits per heavy atom. The minimum atomic E-state index is -3.72. The molecule has 8 nitrogen and oxygen atoms in total. The number of sulfonamides is 1. The van der Waals surface area contributed by atoms with Crippen LogP contribution in [0, 0.1) is 0 Å². The Morgan fingerprint density at radius 3 is 2.55 bits per heavy atom. The highest BCUT2D eigenvalue weighted by Gasteiger charge is 2.22. The standard InChI is InChI=1S/C21H23ClN2O6S/c1-14(20(25)24-19-7-3-2-6-18(19)22)30-21(26)15-8-10-17(11-9-15)31(27,28)23-13-16-5-4-12-29-16/h2-3,6-11,14,16,23H,4-5,12-13H2,1H3,(H,24,25)/t14-,16-/m1/s1. The molecule has 31 heavy (non-hydrogen) atoms. The molecule has 166 valence electrons. The molecule has 0 aromatic heterocycles. The fraction of sp³-hybridized carbons (Fsp3) is 0.333. The molecule has 0 aliphatic carbocycles. The molecule has 2 N–H and O–H groups in total. The molecule has 0 radical (unpaired) electrons. The zero-order valence-electron chi connectivity index (χ0n) is 16.8. The lowest BCUT2D eigenvalue weighted by Crippen LogP contribution is -2.32. The second-order valence-electron chi connectivity index (χ2n) is 7.03. The number of benzene rings is 2. The van der Waals surface area contributed by atoms with Gasteiger partial charge < -0.3 is 14.8 Å². The van der Waals surface area contributed by atoms with Crippen molar-refractivity contribution in [2.75, 3.05) is 18.5 Å². The first-order valence-corrected chi connectivity index (χ1v) is 11.6. The summed E-state index contributed by atoms with van der Waals surface area (Å²) >= 11 is 6.00. The molecular formula is C21H23ClN2O6S. The fourth-order valence-corrected chi connectivity index (χ4v) is 4.19. The van der Waals surface area contributed by atoms with Crippen molar-refractivity contribution in [3.05, 3.63) is 59.1 Å². The molecule has 1 saturated heterocycles. The molecule has 10 heteroatoms. The van der Waals surface area contributed by atoms with Gasteiger partial charge in [-0.1, -0.05) is 23.7 Å². The number of carbonyl (C=O) groups is 2. The number of carbonyl (C=O) groups excluding carboxylic acids is 2. The minimum absolute atomic E-state index is 0.0200. The van der Waals surface area contributed by atoms with Crippen LogP contribution in [0.25, 0.3) is 0 Å². The van der Waals surface area contributed by atoms with Crippen LogP contribution < -0.4 is 10.0 Å². The average molecular weight is 467 g/mol. The van der Waals surface area contributed by atoms with Crippen molar-refractivity contribution in [1.82, 2.24) is 4.72 Å².